The number of nitrogens with zero attached hydrogens (tertiary/aromatic N) is 5. The lowest BCUT2D eigenvalue weighted by Crippen LogP contribution is -2.14. The molecule has 1 unspecified atom stereocenters. The van der Waals surface area contributed by atoms with E-state index in [0.717, 1.165) is 0 Å². The van der Waals surface area contributed by atoms with Gasteiger partial charge in [-0.15, -0.1) is 0 Å². The Morgan fingerprint density at radius 3 is 3.33 bits per heavy atom. The molecule has 5 heteroatoms. The van der Waals surface area contributed by atoms with Crippen molar-refractivity contribution in [3.8, 4) is 0 Å². The van der Waals surface area contributed by atoms with Crippen molar-refractivity contribution in [3.05, 3.63) is 12.3 Å². The van der Waals surface area contributed by atoms with Crippen molar-refractivity contribution in [2.45, 2.75) is 6.29 Å². The minimum absolute atomic E-state index is 0.227. The maximum Gasteiger partial charge on any atom is 0.351 e. The lowest BCUT2D eigenvalue weighted by Gasteiger charge is -1.96. The zero-order valence-electron chi connectivity index (χ0n) is 4.55. The second kappa shape index (κ2) is 1.54. The summed E-state index contributed by atoms with van der Waals surface area (Å²) in [7, 11) is 0. The van der Waals surface area contributed by atoms with Crippen LogP contribution in [0.2, 0.25) is 0 Å². The first-order chi connectivity index (χ1) is 4.47. The standard InChI is InChI=1S/C4H4N5/c1-2-5-4-6-7-8-9(4)3-1/h1-4H/q+1. The van der Waals surface area contributed by atoms with Crippen LogP contribution >= 0.6 is 0 Å². The highest BCUT2D eigenvalue weighted by molar-refractivity contribution is 5.71. The van der Waals surface area contributed by atoms with E-state index in [4.69, 9.17) is 0 Å². The van der Waals surface area contributed by atoms with E-state index in [2.05, 4.69) is 20.6 Å². The minimum atomic E-state index is -0.227. The van der Waals surface area contributed by atoms with Gasteiger partial charge in [0, 0.05) is 11.3 Å². The number of rotatable bonds is 0. The Labute approximate surface area is 51.1 Å². The van der Waals surface area contributed by atoms with Gasteiger partial charge in [-0.25, -0.2) is 4.99 Å². The van der Waals surface area contributed by atoms with Gasteiger partial charge in [-0.1, -0.05) is 4.70 Å². The van der Waals surface area contributed by atoms with Gasteiger partial charge in [-0.3, -0.25) is 0 Å². The summed E-state index contributed by atoms with van der Waals surface area (Å²) in [6, 6.07) is 0. The summed E-state index contributed by atoms with van der Waals surface area (Å²) >= 11 is 0. The molecule has 2 aliphatic rings. The fourth-order valence-electron chi connectivity index (χ4n) is 0.673. The Morgan fingerprint density at radius 2 is 2.44 bits per heavy atom. The van der Waals surface area contributed by atoms with Crippen LogP contribution in [0.4, 0.5) is 0 Å². The van der Waals surface area contributed by atoms with E-state index >= 15 is 0 Å². The van der Waals surface area contributed by atoms with Crippen molar-refractivity contribution in [2.75, 3.05) is 0 Å². The summed E-state index contributed by atoms with van der Waals surface area (Å²) in [6.07, 6.45) is 5.02. The van der Waals surface area contributed by atoms with Gasteiger partial charge in [0.15, 0.2) is 5.22 Å². The normalized spacial score (nSPS) is 28.4. The molecule has 1 atom stereocenters. The Morgan fingerprint density at radius 1 is 1.44 bits per heavy atom. The van der Waals surface area contributed by atoms with E-state index in [1.165, 1.54) is 0 Å². The van der Waals surface area contributed by atoms with Crippen molar-refractivity contribution in [1.29, 1.82) is 0 Å². The summed E-state index contributed by atoms with van der Waals surface area (Å²) in [5.41, 5.74) is 0. The van der Waals surface area contributed by atoms with Gasteiger partial charge in [0.25, 0.3) is 0 Å². The third-order valence-corrected chi connectivity index (χ3v) is 1.08. The molecule has 0 spiro atoms. The molecule has 5 nitrogen and oxygen atoms in total. The average Bonchev–Trinajstić information content (AvgIpc) is 2.33. The van der Waals surface area contributed by atoms with Gasteiger partial charge in [-0.05, 0) is 6.08 Å². The van der Waals surface area contributed by atoms with E-state index in [0.29, 0.717) is 0 Å². The van der Waals surface area contributed by atoms with Crippen molar-refractivity contribution >= 4 is 6.21 Å². The summed E-state index contributed by atoms with van der Waals surface area (Å²) in [5, 5.41) is 10.8. The largest absolute Gasteiger partial charge is 0.351 e. The van der Waals surface area contributed by atoms with E-state index in [-0.39, 0.29) is 6.29 Å². The quantitative estimate of drug-likeness (QED) is 0.425. The van der Waals surface area contributed by atoms with Crippen LogP contribution in [-0.2, 0) is 0 Å². The fraction of sp³-hybridized carbons (Fsp3) is 0.250. The molecule has 0 aromatic rings. The number of fused-ring (bicyclic) bond motifs is 1. The summed E-state index contributed by atoms with van der Waals surface area (Å²) in [4.78, 5) is 3.95. The molecule has 0 N–H and O–H groups in total. The van der Waals surface area contributed by atoms with Crippen LogP contribution in [0.25, 0.3) is 0 Å². The van der Waals surface area contributed by atoms with Crippen LogP contribution < -0.4 is 0 Å². The maximum absolute atomic E-state index is 3.95. The first-order valence-corrected chi connectivity index (χ1v) is 2.56. The average molecular weight is 122 g/mol. The van der Waals surface area contributed by atoms with Gasteiger partial charge in [0.05, 0.1) is 0 Å². The molecule has 0 radical (unpaired) electrons. The lowest BCUT2D eigenvalue weighted by atomic mass is 10.6. The SMILES string of the molecule is C1=C[N+]2=NN=NC2N=C1. The molecule has 2 rings (SSSR count). The predicted molar refractivity (Wildman–Crippen MR) is 29.0 cm³/mol. The molecule has 0 fully saturated rings. The molecular weight excluding hydrogens is 118 g/mol. The van der Waals surface area contributed by atoms with Crippen LogP contribution in [-0.4, -0.2) is 17.2 Å². The Hall–Kier alpha value is -1.39. The van der Waals surface area contributed by atoms with E-state index in [1.54, 1.807) is 23.2 Å². The number of hydrogen-bond acceptors (Lipinski definition) is 4. The number of aliphatic imine (C=N–C) groups is 1. The molecule has 2 aliphatic heterocycles. The van der Waals surface area contributed by atoms with Gasteiger partial charge in [0.1, 0.15) is 6.20 Å². The third kappa shape index (κ3) is 0.576. The van der Waals surface area contributed by atoms with Crippen molar-refractivity contribution in [3.63, 3.8) is 0 Å². The van der Waals surface area contributed by atoms with E-state index < -0.39 is 0 Å². The molecule has 0 bridgehead atoms. The van der Waals surface area contributed by atoms with Crippen LogP contribution in [0.1, 0.15) is 0 Å². The number of allylic oxidation sites excluding steroid dienone is 1. The van der Waals surface area contributed by atoms with Crippen molar-refractivity contribution < 1.29 is 4.70 Å². The Kier molecular flexibility index (Phi) is 0.769. The van der Waals surface area contributed by atoms with Crippen molar-refractivity contribution in [1.82, 2.24) is 0 Å². The molecular formula is C4H4N5+. The smallest absolute Gasteiger partial charge is 0.221 e. The maximum atomic E-state index is 3.95. The molecule has 2 heterocycles. The van der Waals surface area contributed by atoms with Gasteiger partial charge >= 0.3 is 6.29 Å². The van der Waals surface area contributed by atoms with E-state index in [9.17, 15) is 0 Å². The summed E-state index contributed by atoms with van der Waals surface area (Å²) in [6.45, 7) is 0. The topological polar surface area (TPSA) is 52.4 Å². The predicted octanol–water partition coefficient (Wildman–Crippen LogP) is 0.714. The zero-order valence-corrected chi connectivity index (χ0v) is 4.55. The molecule has 0 aromatic carbocycles. The van der Waals surface area contributed by atoms with Crippen LogP contribution in [0.15, 0.2) is 32.8 Å². The number of hydrogen-bond donors (Lipinski definition) is 0. The van der Waals surface area contributed by atoms with Crippen molar-refractivity contribution in [2.24, 2.45) is 20.6 Å². The molecule has 44 valence electrons. The Balaban J connectivity index is 2.40. The highest BCUT2D eigenvalue weighted by Crippen LogP contribution is 2.08. The minimum Gasteiger partial charge on any atom is -0.221 e. The fourth-order valence-corrected chi connectivity index (χ4v) is 0.673. The van der Waals surface area contributed by atoms with Gasteiger partial charge < -0.3 is 0 Å². The first-order valence-electron chi connectivity index (χ1n) is 2.56. The molecule has 0 saturated carbocycles. The summed E-state index contributed by atoms with van der Waals surface area (Å²) < 4.78 is 1.58. The van der Waals surface area contributed by atoms with Crippen LogP contribution in [0.5, 0.6) is 0 Å². The lowest BCUT2D eigenvalue weighted by molar-refractivity contribution is -0.554. The molecule has 9 heavy (non-hydrogen) atoms. The highest BCUT2D eigenvalue weighted by atomic mass is 15.6. The van der Waals surface area contributed by atoms with Gasteiger partial charge in [0.2, 0.25) is 5.22 Å². The molecule has 0 aromatic heterocycles. The zero-order chi connectivity index (χ0) is 6.10. The molecule has 0 saturated heterocycles. The monoisotopic (exact) mass is 122 g/mol. The van der Waals surface area contributed by atoms with Gasteiger partial charge in [-0.2, -0.15) is 0 Å². The van der Waals surface area contributed by atoms with Crippen LogP contribution in [0.3, 0.4) is 0 Å². The van der Waals surface area contributed by atoms with Crippen LogP contribution in [0, 0.1) is 0 Å². The Bertz CT molecular complexity index is 235. The third-order valence-electron chi connectivity index (χ3n) is 1.08. The first kappa shape index (κ1) is 4.49. The molecule has 0 aliphatic carbocycles. The second-order valence-electron chi connectivity index (χ2n) is 1.66. The van der Waals surface area contributed by atoms with E-state index in [1.807, 2.05) is 0 Å². The second-order valence-corrected chi connectivity index (χ2v) is 1.66. The highest BCUT2D eigenvalue weighted by Gasteiger charge is 2.23. The summed E-state index contributed by atoms with van der Waals surface area (Å²) in [5.74, 6) is 0. The molecule has 0 amide bonds.